The van der Waals surface area contributed by atoms with Crippen LogP contribution in [0, 0.1) is 0 Å². The minimum Gasteiger partial charge on any atom is -0.343 e. The highest BCUT2D eigenvalue weighted by molar-refractivity contribution is 5.76. The zero-order valence-electron chi connectivity index (χ0n) is 16.0. The van der Waals surface area contributed by atoms with Gasteiger partial charge in [0.2, 0.25) is 17.6 Å². The summed E-state index contributed by atoms with van der Waals surface area (Å²) in [6.45, 7) is 1.75. The molecule has 0 aliphatic carbocycles. The summed E-state index contributed by atoms with van der Waals surface area (Å²) in [5.41, 5.74) is 3.24. The number of aryl methyl sites for hydroxylation is 1. The lowest BCUT2D eigenvalue weighted by molar-refractivity contribution is -0.131. The first-order valence-electron chi connectivity index (χ1n) is 10.1. The van der Waals surface area contributed by atoms with E-state index in [2.05, 4.69) is 34.4 Å². The molecule has 3 aromatic rings. The number of amides is 1. The second kappa shape index (κ2) is 8.83. The highest BCUT2D eigenvalue weighted by Gasteiger charge is 2.17. The zero-order valence-corrected chi connectivity index (χ0v) is 16.0. The third-order valence-electron chi connectivity index (χ3n) is 5.23. The van der Waals surface area contributed by atoms with Gasteiger partial charge in [0, 0.05) is 31.5 Å². The van der Waals surface area contributed by atoms with Crippen molar-refractivity contribution in [3.05, 3.63) is 60.5 Å². The van der Waals surface area contributed by atoms with Crippen molar-refractivity contribution in [3.63, 3.8) is 0 Å². The Kier molecular flexibility index (Phi) is 5.80. The van der Waals surface area contributed by atoms with Crippen molar-refractivity contribution < 1.29 is 9.32 Å². The fourth-order valence-corrected chi connectivity index (χ4v) is 3.61. The molecule has 1 aliphatic rings. The number of carbonyl (C=O) groups excluding carboxylic acids is 1. The molecule has 0 spiro atoms. The van der Waals surface area contributed by atoms with E-state index in [1.165, 1.54) is 18.4 Å². The maximum absolute atomic E-state index is 12.4. The van der Waals surface area contributed by atoms with E-state index in [0.29, 0.717) is 24.6 Å². The lowest BCUT2D eigenvalue weighted by Gasteiger charge is -2.19. The molecule has 144 valence electrons. The van der Waals surface area contributed by atoms with Crippen molar-refractivity contribution in [1.29, 1.82) is 0 Å². The highest BCUT2D eigenvalue weighted by Crippen LogP contribution is 2.23. The number of likely N-dealkylation sites (tertiary alicyclic amines) is 1. The predicted octanol–water partition coefficient (Wildman–Crippen LogP) is 4.74. The highest BCUT2D eigenvalue weighted by atomic mass is 16.5. The Hall–Kier alpha value is -2.95. The van der Waals surface area contributed by atoms with E-state index in [1.54, 1.807) is 0 Å². The number of rotatable bonds is 5. The van der Waals surface area contributed by atoms with Crippen LogP contribution in [-0.2, 0) is 11.2 Å². The first kappa shape index (κ1) is 18.4. The van der Waals surface area contributed by atoms with Gasteiger partial charge in [0.05, 0.1) is 0 Å². The van der Waals surface area contributed by atoms with Gasteiger partial charge in [-0.15, -0.1) is 0 Å². The topological polar surface area (TPSA) is 59.2 Å². The van der Waals surface area contributed by atoms with Crippen LogP contribution in [0.1, 0.15) is 38.0 Å². The Bertz CT molecular complexity index is 895. The van der Waals surface area contributed by atoms with Gasteiger partial charge in [0.1, 0.15) is 0 Å². The molecule has 1 aliphatic heterocycles. The molecule has 1 amide bonds. The van der Waals surface area contributed by atoms with Crippen LogP contribution >= 0.6 is 0 Å². The van der Waals surface area contributed by atoms with Crippen molar-refractivity contribution in [2.24, 2.45) is 0 Å². The van der Waals surface area contributed by atoms with E-state index in [1.807, 2.05) is 35.2 Å². The molecule has 1 saturated heterocycles. The molecule has 5 heteroatoms. The first-order valence-corrected chi connectivity index (χ1v) is 10.1. The number of benzene rings is 2. The Morgan fingerprint density at radius 3 is 2.21 bits per heavy atom. The normalized spacial score (nSPS) is 14.6. The maximum Gasteiger partial charge on any atom is 0.227 e. The van der Waals surface area contributed by atoms with Crippen LogP contribution in [0.15, 0.2) is 59.1 Å². The molecule has 5 nitrogen and oxygen atoms in total. The van der Waals surface area contributed by atoms with Gasteiger partial charge in [-0.05, 0) is 24.0 Å². The summed E-state index contributed by atoms with van der Waals surface area (Å²) in [6.07, 6.45) is 5.57. The predicted molar refractivity (Wildman–Crippen MR) is 109 cm³/mol. The van der Waals surface area contributed by atoms with Gasteiger partial charge in [-0.25, -0.2) is 0 Å². The van der Waals surface area contributed by atoms with Crippen LogP contribution in [0.2, 0.25) is 0 Å². The molecule has 0 radical (unpaired) electrons. The quantitative estimate of drug-likeness (QED) is 0.646. The van der Waals surface area contributed by atoms with Crippen LogP contribution in [-0.4, -0.2) is 34.0 Å². The third-order valence-corrected chi connectivity index (χ3v) is 5.23. The van der Waals surface area contributed by atoms with E-state index in [0.717, 1.165) is 37.1 Å². The van der Waals surface area contributed by atoms with Gasteiger partial charge >= 0.3 is 0 Å². The van der Waals surface area contributed by atoms with E-state index in [4.69, 9.17) is 4.52 Å². The van der Waals surface area contributed by atoms with Crippen LogP contribution in [0.3, 0.4) is 0 Å². The number of hydrogen-bond acceptors (Lipinski definition) is 4. The summed E-state index contributed by atoms with van der Waals surface area (Å²) < 4.78 is 5.36. The molecule has 4 rings (SSSR count). The zero-order chi connectivity index (χ0) is 19.2. The van der Waals surface area contributed by atoms with Crippen LogP contribution in [0.4, 0.5) is 0 Å². The van der Waals surface area contributed by atoms with Crippen molar-refractivity contribution in [2.75, 3.05) is 13.1 Å². The molecule has 0 saturated carbocycles. The minimum atomic E-state index is 0.189. The van der Waals surface area contributed by atoms with E-state index < -0.39 is 0 Å². The van der Waals surface area contributed by atoms with Gasteiger partial charge in [0.25, 0.3) is 0 Å². The average molecular weight is 375 g/mol. The molecule has 2 aromatic carbocycles. The second-order valence-corrected chi connectivity index (χ2v) is 7.25. The Morgan fingerprint density at radius 1 is 0.857 bits per heavy atom. The second-order valence-electron chi connectivity index (χ2n) is 7.25. The number of nitrogens with zero attached hydrogens (tertiary/aromatic N) is 3. The summed E-state index contributed by atoms with van der Waals surface area (Å²) in [7, 11) is 0. The molecule has 0 atom stereocenters. The Labute approximate surface area is 165 Å². The van der Waals surface area contributed by atoms with Crippen LogP contribution < -0.4 is 0 Å². The van der Waals surface area contributed by atoms with Crippen molar-refractivity contribution in [3.8, 4) is 22.5 Å². The van der Waals surface area contributed by atoms with Crippen molar-refractivity contribution in [2.45, 2.75) is 38.5 Å². The molecule has 0 unspecified atom stereocenters. The molecular formula is C23H25N3O2. The van der Waals surface area contributed by atoms with Gasteiger partial charge in [-0.2, -0.15) is 4.98 Å². The van der Waals surface area contributed by atoms with E-state index >= 15 is 0 Å². The van der Waals surface area contributed by atoms with Gasteiger partial charge in [-0.3, -0.25) is 4.79 Å². The molecular weight excluding hydrogens is 350 g/mol. The first-order chi connectivity index (χ1) is 13.8. The fourth-order valence-electron chi connectivity index (χ4n) is 3.61. The average Bonchev–Trinajstić information content (AvgIpc) is 3.06. The van der Waals surface area contributed by atoms with Crippen LogP contribution in [0.25, 0.3) is 22.5 Å². The lowest BCUT2D eigenvalue weighted by atomic mass is 10.0. The summed E-state index contributed by atoms with van der Waals surface area (Å²) in [6, 6.07) is 18.4. The standard InChI is InChI=1S/C23H25N3O2/c27-22(26-16-6-1-2-7-17-26)15-14-21-24-23(25-28-21)20-12-10-19(11-13-20)18-8-4-3-5-9-18/h3-5,8-13H,1-2,6-7,14-17H2. The summed E-state index contributed by atoms with van der Waals surface area (Å²) >= 11 is 0. The monoisotopic (exact) mass is 375 g/mol. The van der Waals surface area contributed by atoms with Gasteiger partial charge < -0.3 is 9.42 Å². The fraction of sp³-hybridized carbons (Fsp3) is 0.348. The molecule has 1 aromatic heterocycles. The SMILES string of the molecule is O=C(CCc1nc(-c2ccc(-c3ccccc3)cc2)no1)N1CCCCCC1. The molecule has 0 N–H and O–H groups in total. The van der Waals surface area contributed by atoms with E-state index in [-0.39, 0.29) is 5.91 Å². The maximum atomic E-state index is 12.4. The molecule has 0 bridgehead atoms. The number of aromatic nitrogens is 2. The number of carbonyl (C=O) groups is 1. The van der Waals surface area contributed by atoms with Crippen LogP contribution in [0.5, 0.6) is 0 Å². The molecule has 1 fully saturated rings. The van der Waals surface area contributed by atoms with Crippen molar-refractivity contribution in [1.82, 2.24) is 15.0 Å². The Balaban J connectivity index is 1.37. The summed E-state index contributed by atoms with van der Waals surface area (Å²) in [4.78, 5) is 18.9. The number of hydrogen-bond donors (Lipinski definition) is 0. The Morgan fingerprint density at radius 2 is 1.50 bits per heavy atom. The van der Waals surface area contributed by atoms with Gasteiger partial charge in [0.15, 0.2) is 0 Å². The lowest BCUT2D eigenvalue weighted by Crippen LogP contribution is -2.31. The third kappa shape index (κ3) is 4.47. The summed E-state index contributed by atoms with van der Waals surface area (Å²) in [5, 5.41) is 4.08. The minimum absolute atomic E-state index is 0.189. The van der Waals surface area contributed by atoms with Crippen molar-refractivity contribution >= 4 is 5.91 Å². The summed E-state index contributed by atoms with van der Waals surface area (Å²) in [5.74, 6) is 1.27. The molecule has 28 heavy (non-hydrogen) atoms. The van der Waals surface area contributed by atoms with Gasteiger partial charge in [-0.1, -0.05) is 72.6 Å². The van der Waals surface area contributed by atoms with E-state index in [9.17, 15) is 4.79 Å². The largest absolute Gasteiger partial charge is 0.343 e. The smallest absolute Gasteiger partial charge is 0.227 e. The molecule has 2 heterocycles.